The van der Waals surface area contributed by atoms with Gasteiger partial charge in [-0.25, -0.2) is 4.98 Å². The first-order valence-electron chi connectivity index (χ1n) is 5.12. The summed E-state index contributed by atoms with van der Waals surface area (Å²) in [5.41, 5.74) is 1.51. The third-order valence-electron chi connectivity index (χ3n) is 2.80. The van der Waals surface area contributed by atoms with Crippen LogP contribution in [0.2, 0.25) is 0 Å². The minimum Gasteiger partial charge on any atom is -0.506 e. The van der Waals surface area contributed by atoms with Crippen molar-refractivity contribution in [2.24, 2.45) is 0 Å². The van der Waals surface area contributed by atoms with Crippen LogP contribution in [-0.4, -0.2) is 23.8 Å². The summed E-state index contributed by atoms with van der Waals surface area (Å²) in [6.45, 7) is 0.621. The Bertz CT molecular complexity index is 566. The number of benzene rings is 1. The van der Waals surface area contributed by atoms with Gasteiger partial charge < -0.3 is 14.6 Å². The number of pyridine rings is 1. The van der Waals surface area contributed by atoms with Gasteiger partial charge in [0.15, 0.2) is 0 Å². The van der Waals surface area contributed by atoms with Gasteiger partial charge in [0, 0.05) is 11.8 Å². The zero-order valence-electron chi connectivity index (χ0n) is 8.86. The molecule has 1 aliphatic rings. The van der Waals surface area contributed by atoms with Crippen molar-refractivity contribution in [3.8, 4) is 17.4 Å². The maximum Gasteiger partial charge on any atom is 0.221 e. The van der Waals surface area contributed by atoms with Crippen LogP contribution in [0.25, 0.3) is 10.9 Å². The average molecular weight is 217 g/mol. The molecule has 0 fully saturated rings. The van der Waals surface area contributed by atoms with Crippen LogP contribution in [-0.2, 0) is 6.42 Å². The maximum atomic E-state index is 9.75. The van der Waals surface area contributed by atoms with Crippen molar-refractivity contribution in [2.45, 2.75) is 6.42 Å². The molecule has 0 bridgehead atoms. The van der Waals surface area contributed by atoms with Crippen LogP contribution in [0, 0.1) is 0 Å². The second-order valence-corrected chi connectivity index (χ2v) is 3.70. The fraction of sp³-hybridized carbons (Fsp3) is 0.250. The molecule has 0 aliphatic carbocycles. The molecule has 0 saturated heterocycles. The molecular formula is C12H11NO3. The van der Waals surface area contributed by atoms with Gasteiger partial charge >= 0.3 is 0 Å². The lowest BCUT2D eigenvalue weighted by Crippen LogP contribution is -1.93. The second-order valence-electron chi connectivity index (χ2n) is 3.70. The van der Waals surface area contributed by atoms with Gasteiger partial charge in [-0.3, -0.25) is 0 Å². The Kier molecular flexibility index (Phi) is 1.89. The van der Waals surface area contributed by atoms with Gasteiger partial charge in [0.05, 0.1) is 19.3 Å². The van der Waals surface area contributed by atoms with Crippen LogP contribution in [0.15, 0.2) is 18.2 Å². The highest BCUT2D eigenvalue weighted by atomic mass is 16.5. The predicted octanol–water partition coefficient (Wildman–Crippen LogP) is 1.88. The number of aromatic hydroxyl groups is 1. The monoisotopic (exact) mass is 217 g/mol. The fourth-order valence-electron chi connectivity index (χ4n) is 2.08. The van der Waals surface area contributed by atoms with Gasteiger partial charge in [-0.2, -0.15) is 0 Å². The molecule has 0 amide bonds. The van der Waals surface area contributed by atoms with Crippen LogP contribution >= 0.6 is 0 Å². The second kappa shape index (κ2) is 3.27. The molecule has 1 aromatic carbocycles. The van der Waals surface area contributed by atoms with Crippen molar-refractivity contribution in [1.82, 2.24) is 4.98 Å². The Hall–Kier alpha value is -1.97. The lowest BCUT2D eigenvalue weighted by molar-refractivity contribution is 0.345. The number of ether oxygens (including phenoxy) is 2. The molecule has 1 aromatic heterocycles. The van der Waals surface area contributed by atoms with E-state index in [2.05, 4.69) is 4.98 Å². The number of methoxy groups -OCH3 is 1. The summed E-state index contributed by atoms with van der Waals surface area (Å²) in [6, 6.07) is 5.28. The lowest BCUT2D eigenvalue weighted by Gasteiger charge is -2.10. The van der Waals surface area contributed by atoms with Crippen molar-refractivity contribution < 1.29 is 14.6 Å². The first-order chi connectivity index (χ1) is 7.81. The number of phenols is 1. The largest absolute Gasteiger partial charge is 0.506 e. The molecule has 0 atom stereocenters. The lowest BCUT2D eigenvalue weighted by atomic mass is 10.1. The summed E-state index contributed by atoms with van der Waals surface area (Å²) in [6.07, 6.45) is 0.803. The first-order valence-corrected chi connectivity index (χ1v) is 5.12. The molecule has 4 heteroatoms. The minimum absolute atomic E-state index is 0.147. The molecule has 0 saturated carbocycles. The molecule has 82 valence electrons. The smallest absolute Gasteiger partial charge is 0.221 e. The number of phenolic OH excluding ortho intramolecular Hbond substituents is 1. The highest BCUT2D eigenvalue weighted by Gasteiger charge is 2.22. The Morgan fingerprint density at radius 2 is 2.31 bits per heavy atom. The van der Waals surface area contributed by atoms with Gasteiger partial charge in [-0.1, -0.05) is 6.07 Å². The maximum absolute atomic E-state index is 9.75. The number of hydrogen-bond acceptors (Lipinski definition) is 4. The van der Waals surface area contributed by atoms with Crippen LogP contribution in [0.4, 0.5) is 0 Å². The van der Waals surface area contributed by atoms with E-state index in [0.29, 0.717) is 18.0 Å². The van der Waals surface area contributed by atoms with Gasteiger partial charge in [0.25, 0.3) is 0 Å². The zero-order chi connectivity index (χ0) is 11.1. The average Bonchev–Trinajstić information content (AvgIpc) is 2.75. The van der Waals surface area contributed by atoms with Crippen LogP contribution in [0.1, 0.15) is 5.56 Å². The molecule has 0 unspecified atom stereocenters. The molecule has 0 spiro atoms. The van der Waals surface area contributed by atoms with E-state index in [1.54, 1.807) is 19.2 Å². The summed E-state index contributed by atoms with van der Waals surface area (Å²) < 4.78 is 10.8. The van der Waals surface area contributed by atoms with E-state index in [-0.39, 0.29) is 5.75 Å². The molecule has 2 heterocycles. The van der Waals surface area contributed by atoms with E-state index in [1.165, 1.54) is 0 Å². The molecular weight excluding hydrogens is 206 g/mol. The van der Waals surface area contributed by atoms with E-state index in [4.69, 9.17) is 9.47 Å². The Morgan fingerprint density at radius 3 is 3.12 bits per heavy atom. The summed E-state index contributed by atoms with van der Waals surface area (Å²) in [5, 5.41) is 10.6. The van der Waals surface area contributed by atoms with E-state index in [1.807, 2.05) is 6.07 Å². The summed E-state index contributed by atoms with van der Waals surface area (Å²) in [4.78, 5) is 4.31. The quantitative estimate of drug-likeness (QED) is 0.792. The molecule has 16 heavy (non-hydrogen) atoms. The summed E-state index contributed by atoms with van der Waals surface area (Å²) in [7, 11) is 1.62. The van der Waals surface area contributed by atoms with E-state index in [9.17, 15) is 5.11 Å². The number of rotatable bonds is 1. The van der Waals surface area contributed by atoms with Gasteiger partial charge in [-0.15, -0.1) is 0 Å². The number of para-hydroxylation sites is 1. The van der Waals surface area contributed by atoms with Crippen molar-refractivity contribution >= 4 is 10.9 Å². The number of fused-ring (bicyclic) bond motifs is 2. The Labute approximate surface area is 92.4 Å². The van der Waals surface area contributed by atoms with Crippen molar-refractivity contribution in [3.05, 3.63) is 23.8 Å². The third kappa shape index (κ3) is 1.13. The fourth-order valence-corrected chi connectivity index (χ4v) is 2.08. The van der Waals surface area contributed by atoms with Crippen LogP contribution in [0.3, 0.4) is 0 Å². The number of aromatic nitrogens is 1. The van der Waals surface area contributed by atoms with Gasteiger partial charge in [0.2, 0.25) is 5.88 Å². The number of hydrogen-bond donors (Lipinski definition) is 1. The highest BCUT2D eigenvalue weighted by molar-refractivity contribution is 5.91. The van der Waals surface area contributed by atoms with Crippen molar-refractivity contribution in [1.29, 1.82) is 0 Å². The first kappa shape index (κ1) is 9.27. The molecule has 3 rings (SSSR count). The summed E-state index contributed by atoms with van der Waals surface area (Å²) >= 11 is 0. The normalized spacial score (nSPS) is 13.6. The van der Waals surface area contributed by atoms with Crippen molar-refractivity contribution in [3.63, 3.8) is 0 Å². The highest BCUT2D eigenvalue weighted by Crippen LogP contribution is 2.39. The number of nitrogens with zero attached hydrogens (tertiary/aromatic N) is 1. The Morgan fingerprint density at radius 1 is 1.44 bits per heavy atom. The molecule has 4 nitrogen and oxygen atoms in total. The predicted molar refractivity (Wildman–Crippen MR) is 59.2 cm³/mol. The molecule has 0 radical (unpaired) electrons. The SMILES string of the molecule is COc1c2c(nc3c(O)cccc13)OCC2. The molecule has 1 N–H and O–H groups in total. The summed E-state index contributed by atoms with van der Waals surface area (Å²) in [5.74, 6) is 1.48. The zero-order valence-corrected chi connectivity index (χ0v) is 8.86. The minimum atomic E-state index is 0.147. The molecule has 1 aliphatic heterocycles. The third-order valence-corrected chi connectivity index (χ3v) is 2.80. The van der Waals surface area contributed by atoms with Gasteiger partial charge in [0.1, 0.15) is 17.0 Å². The van der Waals surface area contributed by atoms with Gasteiger partial charge in [-0.05, 0) is 12.1 Å². The van der Waals surface area contributed by atoms with E-state index in [0.717, 1.165) is 23.1 Å². The topological polar surface area (TPSA) is 51.6 Å². The Balaban J connectivity index is 2.44. The van der Waals surface area contributed by atoms with Crippen LogP contribution < -0.4 is 9.47 Å². The standard InChI is InChI=1S/C12H11NO3/c1-15-11-7-3-2-4-9(14)10(7)13-12-8(11)5-6-16-12/h2-4,14H,5-6H2,1H3. The van der Waals surface area contributed by atoms with Crippen LogP contribution in [0.5, 0.6) is 17.4 Å². The van der Waals surface area contributed by atoms with E-state index < -0.39 is 0 Å². The van der Waals surface area contributed by atoms with Crippen molar-refractivity contribution in [2.75, 3.05) is 13.7 Å². The molecule has 2 aromatic rings. The van der Waals surface area contributed by atoms with E-state index >= 15 is 0 Å².